The minimum absolute atomic E-state index is 0.0254. The van der Waals surface area contributed by atoms with E-state index in [-0.39, 0.29) is 42.8 Å². The zero-order valence-electron chi connectivity index (χ0n) is 24.7. The smallest absolute Gasteiger partial charge is 0.323 e. The van der Waals surface area contributed by atoms with Crippen LogP contribution < -0.4 is 20.1 Å². The van der Waals surface area contributed by atoms with Crippen LogP contribution in [0.3, 0.4) is 0 Å². The van der Waals surface area contributed by atoms with Crippen LogP contribution in [0.5, 0.6) is 11.5 Å². The van der Waals surface area contributed by atoms with Crippen LogP contribution in [0.4, 0.5) is 16.2 Å². The summed E-state index contributed by atoms with van der Waals surface area (Å²) in [6.07, 6.45) is -0.661. The number of sulfonamides is 1. The number of nitrogens with zero attached hydrogens (tertiary/aromatic N) is 2. The quantitative estimate of drug-likeness (QED) is 0.335. The molecule has 4 rings (SSSR count). The van der Waals surface area contributed by atoms with Gasteiger partial charge in [0.1, 0.15) is 17.6 Å². The molecule has 0 bridgehead atoms. The molecule has 3 N–H and O–H groups in total. The second kappa shape index (κ2) is 13.9. The van der Waals surface area contributed by atoms with Crippen molar-refractivity contribution in [3.05, 3.63) is 78.4 Å². The fraction of sp³-hybridized carbons (Fsp3) is 0.355. The minimum Gasteiger partial charge on any atom is -0.497 e. The summed E-state index contributed by atoms with van der Waals surface area (Å²) in [6, 6.07) is 19.1. The lowest BCUT2D eigenvalue weighted by Crippen LogP contribution is -2.48. The van der Waals surface area contributed by atoms with E-state index in [9.17, 15) is 23.1 Å². The highest BCUT2D eigenvalue weighted by Crippen LogP contribution is 2.30. The Kier molecular flexibility index (Phi) is 10.3. The number of hydrogen-bond donors (Lipinski definition) is 3. The number of carbonyl (C=O) groups excluding carboxylic acids is 2. The van der Waals surface area contributed by atoms with Gasteiger partial charge < -0.3 is 30.1 Å². The van der Waals surface area contributed by atoms with E-state index in [1.807, 2.05) is 6.92 Å². The van der Waals surface area contributed by atoms with Gasteiger partial charge >= 0.3 is 6.03 Å². The Bertz CT molecular complexity index is 1520. The second-order valence-corrected chi connectivity index (χ2v) is 12.7. The normalized spacial score (nSPS) is 18.0. The van der Waals surface area contributed by atoms with Gasteiger partial charge in [0, 0.05) is 36.4 Å². The number of aliphatic hydroxyl groups is 1. The number of rotatable bonds is 9. The molecule has 1 aliphatic heterocycles. The summed E-state index contributed by atoms with van der Waals surface area (Å²) in [5.41, 5.74) is 1.53. The lowest BCUT2D eigenvalue weighted by molar-refractivity contribution is -0.134. The number of hydrogen-bond acceptors (Lipinski definition) is 7. The molecule has 0 radical (unpaired) electrons. The summed E-state index contributed by atoms with van der Waals surface area (Å²) in [6.45, 7) is 3.70. The van der Waals surface area contributed by atoms with E-state index in [2.05, 4.69) is 10.6 Å². The third kappa shape index (κ3) is 7.83. The van der Waals surface area contributed by atoms with Crippen molar-refractivity contribution in [3.63, 3.8) is 0 Å². The van der Waals surface area contributed by atoms with Gasteiger partial charge in [-0.2, -0.15) is 4.31 Å². The van der Waals surface area contributed by atoms with Crippen LogP contribution in [-0.2, 0) is 21.2 Å². The lowest BCUT2D eigenvalue weighted by Gasteiger charge is -2.33. The number of aliphatic hydroxyl groups excluding tert-OH is 1. The first kappa shape index (κ1) is 31.8. The molecule has 0 fully saturated rings. The average molecular weight is 611 g/mol. The van der Waals surface area contributed by atoms with Crippen molar-refractivity contribution >= 4 is 33.3 Å². The van der Waals surface area contributed by atoms with Gasteiger partial charge in [0.2, 0.25) is 15.9 Å². The molecule has 3 aromatic rings. The molecule has 3 atom stereocenters. The van der Waals surface area contributed by atoms with E-state index in [4.69, 9.17) is 9.47 Å². The molecule has 0 aliphatic carbocycles. The van der Waals surface area contributed by atoms with Gasteiger partial charge in [-0.3, -0.25) is 4.79 Å². The molecule has 0 unspecified atom stereocenters. The van der Waals surface area contributed by atoms with Gasteiger partial charge in [-0.1, -0.05) is 25.1 Å². The predicted molar refractivity (Wildman–Crippen MR) is 164 cm³/mol. The van der Waals surface area contributed by atoms with Crippen LogP contribution in [0, 0.1) is 5.92 Å². The average Bonchev–Trinajstić information content (AvgIpc) is 3.04. The van der Waals surface area contributed by atoms with Gasteiger partial charge in [-0.15, -0.1) is 0 Å². The Labute approximate surface area is 252 Å². The first-order valence-corrected chi connectivity index (χ1v) is 15.4. The summed E-state index contributed by atoms with van der Waals surface area (Å²) in [4.78, 5) is 27.9. The molecule has 3 amide bonds. The summed E-state index contributed by atoms with van der Waals surface area (Å²) in [7, 11) is -0.735. The van der Waals surface area contributed by atoms with Crippen molar-refractivity contribution in [1.82, 2.24) is 9.21 Å². The van der Waals surface area contributed by atoms with Gasteiger partial charge in [0.25, 0.3) is 0 Å². The van der Waals surface area contributed by atoms with Crippen LogP contribution in [-0.4, -0.2) is 80.7 Å². The number of carbonyl (C=O) groups is 2. The number of nitrogens with one attached hydrogen (secondary N) is 2. The zero-order chi connectivity index (χ0) is 31.1. The van der Waals surface area contributed by atoms with Crippen LogP contribution in [0.2, 0.25) is 0 Å². The third-order valence-corrected chi connectivity index (χ3v) is 9.25. The van der Waals surface area contributed by atoms with Crippen LogP contribution in [0.1, 0.15) is 19.4 Å². The molecule has 0 spiro atoms. The highest BCUT2D eigenvalue weighted by atomic mass is 32.2. The van der Waals surface area contributed by atoms with Crippen LogP contribution in [0.25, 0.3) is 0 Å². The molecule has 230 valence electrons. The maximum atomic E-state index is 13.5. The zero-order valence-corrected chi connectivity index (χ0v) is 25.5. The van der Waals surface area contributed by atoms with Crippen molar-refractivity contribution in [2.45, 2.75) is 37.3 Å². The molecular weight excluding hydrogens is 572 g/mol. The van der Waals surface area contributed by atoms with Crippen molar-refractivity contribution < 1.29 is 32.6 Å². The van der Waals surface area contributed by atoms with E-state index in [1.165, 1.54) is 23.5 Å². The number of ether oxygens (including phenoxy) is 2. The largest absolute Gasteiger partial charge is 0.497 e. The monoisotopic (exact) mass is 610 g/mol. The number of amides is 3. The number of likely N-dealkylation sites (N-methyl/N-ethyl adjacent to an activating group) is 1. The van der Waals surface area contributed by atoms with Crippen molar-refractivity contribution in [2.24, 2.45) is 5.92 Å². The van der Waals surface area contributed by atoms with Crippen LogP contribution >= 0.6 is 0 Å². The van der Waals surface area contributed by atoms with Crippen molar-refractivity contribution in [3.8, 4) is 11.5 Å². The van der Waals surface area contributed by atoms with Gasteiger partial charge in [0.05, 0.1) is 37.6 Å². The first-order valence-electron chi connectivity index (χ1n) is 13.9. The molecule has 0 saturated carbocycles. The second-order valence-electron chi connectivity index (χ2n) is 10.6. The molecular formula is C31H38N4O7S. The fourth-order valence-corrected chi connectivity index (χ4v) is 6.02. The van der Waals surface area contributed by atoms with Gasteiger partial charge in [-0.05, 0) is 61.5 Å². The number of benzene rings is 3. The number of methoxy groups -OCH3 is 1. The van der Waals surface area contributed by atoms with Crippen molar-refractivity contribution in [2.75, 3.05) is 44.5 Å². The van der Waals surface area contributed by atoms with E-state index < -0.39 is 28.2 Å². The Hall–Kier alpha value is -4.13. The highest BCUT2D eigenvalue weighted by molar-refractivity contribution is 7.89. The summed E-state index contributed by atoms with van der Waals surface area (Å²) in [5.74, 6) is 0.568. The molecule has 1 heterocycles. The molecule has 1 aliphatic rings. The minimum atomic E-state index is -3.79. The number of anilines is 2. The topological polar surface area (TPSA) is 138 Å². The number of fused-ring (bicyclic) bond motifs is 1. The standard InChI is InChI=1S/C31H38N4O7S/c1-21-18-35(22(2)20-36)30(37)17-23-16-25(33-31(38)32-24-10-13-26(41-4)14-11-24)12-15-28(23)42-29(21)19-34(3)43(39,40)27-8-6-5-7-9-27/h5-16,21-22,29,36H,17-20H2,1-4H3,(H2,32,33,38)/t21-,22-,29-/m1/s1. The van der Waals surface area contributed by atoms with E-state index in [0.717, 1.165) is 0 Å². The molecule has 11 nitrogen and oxygen atoms in total. The lowest BCUT2D eigenvalue weighted by atomic mass is 10.0. The van der Waals surface area contributed by atoms with Crippen LogP contribution in [0.15, 0.2) is 77.7 Å². The molecule has 3 aromatic carbocycles. The summed E-state index contributed by atoms with van der Waals surface area (Å²) in [5, 5.41) is 15.4. The van der Waals surface area contributed by atoms with E-state index in [0.29, 0.717) is 28.4 Å². The molecule has 0 saturated heterocycles. The Morgan fingerprint density at radius 2 is 1.74 bits per heavy atom. The van der Waals surface area contributed by atoms with E-state index in [1.54, 1.807) is 79.6 Å². The SMILES string of the molecule is COc1ccc(NC(=O)Nc2ccc3c(c2)CC(=O)N([C@H](C)CO)C[C@@H](C)[C@@H](CN(C)S(=O)(=O)c2ccccc2)O3)cc1. The Morgan fingerprint density at radius 1 is 1.09 bits per heavy atom. The fourth-order valence-electron chi connectivity index (χ4n) is 4.82. The Balaban J connectivity index is 1.60. The summed E-state index contributed by atoms with van der Waals surface area (Å²) < 4.78 is 39.4. The maximum Gasteiger partial charge on any atom is 0.323 e. The molecule has 0 aromatic heterocycles. The predicted octanol–water partition coefficient (Wildman–Crippen LogP) is 3.81. The highest BCUT2D eigenvalue weighted by Gasteiger charge is 2.33. The summed E-state index contributed by atoms with van der Waals surface area (Å²) >= 11 is 0. The molecule has 12 heteroatoms. The molecule has 43 heavy (non-hydrogen) atoms. The third-order valence-electron chi connectivity index (χ3n) is 7.41. The first-order chi connectivity index (χ1) is 20.5. The van der Waals surface area contributed by atoms with Crippen molar-refractivity contribution in [1.29, 1.82) is 0 Å². The van der Waals surface area contributed by atoms with Gasteiger partial charge in [-0.25, -0.2) is 13.2 Å². The number of urea groups is 1. The van der Waals surface area contributed by atoms with Gasteiger partial charge in [0.15, 0.2) is 0 Å². The Morgan fingerprint density at radius 3 is 2.40 bits per heavy atom. The van der Waals surface area contributed by atoms with E-state index >= 15 is 0 Å². The maximum absolute atomic E-state index is 13.5.